The molecule has 0 aliphatic rings. The molecule has 0 bridgehead atoms. The highest BCUT2D eigenvalue weighted by atomic mass is 79.9. The maximum Gasteiger partial charge on any atom is 0.240 e. The third kappa shape index (κ3) is 10.3. The first kappa shape index (κ1) is 29.3. The van der Waals surface area contributed by atoms with Crippen molar-refractivity contribution >= 4 is 35.3 Å². The van der Waals surface area contributed by atoms with E-state index in [1.165, 1.54) is 30.0 Å². The van der Waals surface area contributed by atoms with E-state index in [0.717, 1.165) is 10.2 Å². The van der Waals surface area contributed by atoms with Crippen LogP contribution in [0.3, 0.4) is 0 Å². The highest BCUT2D eigenvalue weighted by Gasteiger charge is 2.31. The van der Waals surface area contributed by atoms with Crippen LogP contribution in [0.4, 0.5) is 0 Å². The quantitative estimate of drug-likeness (QED) is 0.280. The summed E-state index contributed by atoms with van der Waals surface area (Å²) in [5, 5.41) is 2.57. The third-order valence-corrected chi connectivity index (χ3v) is 9.08. The Morgan fingerprint density at radius 1 is 0.771 bits per heavy atom. The summed E-state index contributed by atoms with van der Waals surface area (Å²) in [6.07, 6.45) is -0.0245. The zero-order valence-electron chi connectivity index (χ0n) is 22.2. The Labute approximate surface area is 223 Å². The Balaban J connectivity index is 0.000000540. The van der Waals surface area contributed by atoms with Crippen molar-refractivity contribution in [2.75, 3.05) is 26.2 Å². The standard InChI is InChI=1S/C24H27BrO2Si.C6H15N/c1-24(2,3)23(18-26-20-12-10-11-19(25)17-20)27-28(21-13-6-4-7-14-21)22-15-8-5-9-16-22;1-4-7(5-2)6-3/h4-17,23,28H,18H2,1-3H3;4-6H2,1-3H3. The Bertz CT molecular complexity index is 914. The summed E-state index contributed by atoms with van der Waals surface area (Å²) in [5.74, 6) is 0.852. The van der Waals surface area contributed by atoms with Crippen molar-refractivity contribution in [3.05, 3.63) is 89.4 Å². The van der Waals surface area contributed by atoms with Crippen LogP contribution in [0, 0.1) is 5.41 Å². The lowest BCUT2D eigenvalue weighted by Crippen LogP contribution is -2.51. The molecule has 5 heteroatoms. The van der Waals surface area contributed by atoms with Gasteiger partial charge in [-0.15, -0.1) is 0 Å². The van der Waals surface area contributed by atoms with Crippen LogP contribution in [0.2, 0.25) is 0 Å². The van der Waals surface area contributed by atoms with Crippen molar-refractivity contribution in [1.29, 1.82) is 0 Å². The molecule has 3 nitrogen and oxygen atoms in total. The molecule has 0 aliphatic carbocycles. The Morgan fingerprint density at radius 3 is 1.69 bits per heavy atom. The van der Waals surface area contributed by atoms with Gasteiger partial charge < -0.3 is 14.1 Å². The first-order chi connectivity index (χ1) is 16.8. The van der Waals surface area contributed by atoms with Crippen molar-refractivity contribution < 1.29 is 9.16 Å². The second kappa shape index (κ2) is 15.2. The largest absolute Gasteiger partial charge is 0.491 e. The molecule has 190 valence electrons. The van der Waals surface area contributed by atoms with Crippen LogP contribution < -0.4 is 15.1 Å². The predicted molar refractivity (Wildman–Crippen MR) is 157 cm³/mol. The van der Waals surface area contributed by atoms with Gasteiger partial charge in [0.15, 0.2) is 0 Å². The SMILES string of the molecule is CC(C)(C)C(COc1cccc(Br)c1)O[SiH](c1ccccc1)c1ccccc1.CCN(CC)CC. The van der Waals surface area contributed by atoms with Gasteiger partial charge in [0.2, 0.25) is 9.04 Å². The second-order valence-corrected chi connectivity index (χ2v) is 12.9. The van der Waals surface area contributed by atoms with Gasteiger partial charge in [-0.3, -0.25) is 0 Å². The van der Waals surface area contributed by atoms with Crippen molar-refractivity contribution in [2.45, 2.75) is 47.6 Å². The van der Waals surface area contributed by atoms with Crippen molar-refractivity contribution in [1.82, 2.24) is 4.90 Å². The minimum atomic E-state index is -1.83. The monoisotopic (exact) mass is 555 g/mol. The summed E-state index contributed by atoms with van der Waals surface area (Å²) < 4.78 is 14.0. The molecule has 0 heterocycles. The number of ether oxygens (including phenoxy) is 1. The summed E-state index contributed by atoms with van der Waals surface area (Å²) in [6, 6.07) is 29.1. The molecule has 35 heavy (non-hydrogen) atoms. The minimum Gasteiger partial charge on any atom is -0.491 e. The van der Waals surface area contributed by atoms with Crippen LogP contribution in [0.25, 0.3) is 0 Å². The van der Waals surface area contributed by atoms with Gasteiger partial charge in [-0.25, -0.2) is 0 Å². The average molecular weight is 557 g/mol. The zero-order valence-corrected chi connectivity index (χ0v) is 24.9. The van der Waals surface area contributed by atoms with Crippen molar-refractivity contribution in [3.63, 3.8) is 0 Å². The molecule has 0 saturated carbocycles. The topological polar surface area (TPSA) is 21.7 Å². The van der Waals surface area contributed by atoms with E-state index in [2.05, 4.69) is 123 Å². The molecule has 0 radical (unpaired) electrons. The molecule has 3 rings (SSSR count). The second-order valence-electron chi connectivity index (χ2n) is 9.58. The number of hydrogen-bond acceptors (Lipinski definition) is 3. The van der Waals surface area contributed by atoms with E-state index >= 15 is 0 Å². The molecule has 1 unspecified atom stereocenters. The van der Waals surface area contributed by atoms with Gasteiger partial charge in [0, 0.05) is 4.47 Å². The third-order valence-electron chi connectivity index (χ3n) is 6.01. The molecular formula is C30H42BrNO2Si. The molecular weight excluding hydrogens is 514 g/mol. The fourth-order valence-corrected chi connectivity index (χ4v) is 6.70. The summed E-state index contributed by atoms with van der Waals surface area (Å²) in [6.45, 7) is 17.3. The minimum absolute atomic E-state index is 0.0245. The van der Waals surface area contributed by atoms with Gasteiger partial charge >= 0.3 is 0 Å². The van der Waals surface area contributed by atoms with Crippen molar-refractivity contribution in [2.24, 2.45) is 5.41 Å². The van der Waals surface area contributed by atoms with Crippen LogP contribution in [0.5, 0.6) is 5.75 Å². The predicted octanol–water partition coefficient (Wildman–Crippen LogP) is 6.15. The molecule has 0 aliphatic heterocycles. The number of benzene rings is 3. The maximum atomic E-state index is 6.84. The molecule has 0 saturated heterocycles. The molecule has 0 aromatic heterocycles. The van der Waals surface area contributed by atoms with Crippen molar-refractivity contribution in [3.8, 4) is 5.75 Å². The first-order valence-corrected chi connectivity index (χ1v) is 15.1. The summed E-state index contributed by atoms with van der Waals surface area (Å²) in [5.41, 5.74) is -0.0408. The number of hydrogen-bond donors (Lipinski definition) is 0. The van der Waals surface area contributed by atoms with Crippen LogP contribution in [0.1, 0.15) is 41.5 Å². The maximum absolute atomic E-state index is 6.84. The van der Waals surface area contributed by atoms with Gasteiger partial charge in [-0.2, -0.15) is 0 Å². The van der Waals surface area contributed by atoms with Gasteiger partial charge in [-0.1, -0.05) is 124 Å². The van der Waals surface area contributed by atoms with Gasteiger partial charge in [-0.05, 0) is 53.6 Å². The number of nitrogens with zero attached hydrogens (tertiary/aromatic N) is 1. The summed E-state index contributed by atoms with van der Waals surface area (Å²) in [4.78, 5) is 2.38. The highest BCUT2D eigenvalue weighted by Crippen LogP contribution is 2.25. The molecule has 0 amide bonds. The molecule has 0 fully saturated rings. The van der Waals surface area contributed by atoms with Crippen LogP contribution in [-0.4, -0.2) is 46.3 Å². The van der Waals surface area contributed by atoms with E-state index in [9.17, 15) is 0 Å². The van der Waals surface area contributed by atoms with E-state index in [0.29, 0.717) is 6.61 Å². The Kier molecular flexibility index (Phi) is 12.8. The molecule has 0 spiro atoms. The fraction of sp³-hybridized carbons (Fsp3) is 0.400. The molecule has 1 atom stereocenters. The van der Waals surface area contributed by atoms with E-state index in [1.807, 2.05) is 24.3 Å². The zero-order chi connectivity index (χ0) is 25.7. The van der Waals surface area contributed by atoms with E-state index in [4.69, 9.17) is 9.16 Å². The highest BCUT2D eigenvalue weighted by molar-refractivity contribution is 9.10. The molecule has 3 aromatic rings. The normalized spacial score (nSPS) is 12.3. The Morgan fingerprint density at radius 2 is 1.29 bits per heavy atom. The van der Waals surface area contributed by atoms with Gasteiger partial charge in [0.1, 0.15) is 12.4 Å². The van der Waals surface area contributed by atoms with Gasteiger partial charge in [0.25, 0.3) is 0 Å². The van der Waals surface area contributed by atoms with E-state index < -0.39 is 9.04 Å². The average Bonchev–Trinajstić information content (AvgIpc) is 2.86. The summed E-state index contributed by atoms with van der Waals surface area (Å²) >= 11 is 3.51. The molecule has 0 N–H and O–H groups in total. The molecule has 3 aromatic carbocycles. The fourth-order valence-electron chi connectivity index (χ4n) is 3.66. The van der Waals surface area contributed by atoms with E-state index in [1.54, 1.807) is 0 Å². The Hall–Kier alpha value is -1.92. The van der Waals surface area contributed by atoms with Crippen LogP contribution in [-0.2, 0) is 4.43 Å². The first-order valence-electron chi connectivity index (χ1n) is 12.6. The lowest BCUT2D eigenvalue weighted by atomic mass is 9.90. The van der Waals surface area contributed by atoms with Gasteiger partial charge in [0.05, 0.1) is 6.10 Å². The number of rotatable bonds is 10. The number of halogens is 1. The van der Waals surface area contributed by atoms with Crippen LogP contribution >= 0.6 is 15.9 Å². The lowest BCUT2D eigenvalue weighted by Gasteiger charge is -2.34. The smallest absolute Gasteiger partial charge is 0.240 e. The van der Waals surface area contributed by atoms with E-state index in [-0.39, 0.29) is 11.5 Å². The lowest BCUT2D eigenvalue weighted by molar-refractivity contribution is 0.0435. The summed E-state index contributed by atoms with van der Waals surface area (Å²) in [7, 11) is -1.83. The van der Waals surface area contributed by atoms with Crippen LogP contribution in [0.15, 0.2) is 89.4 Å².